The van der Waals surface area contributed by atoms with Crippen molar-refractivity contribution >= 4 is 38.9 Å². The van der Waals surface area contributed by atoms with Gasteiger partial charge in [-0.1, -0.05) is 0 Å². The third-order valence-corrected chi connectivity index (χ3v) is 2.92. The lowest BCUT2D eigenvalue weighted by molar-refractivity contribution is 1.31. The topological polar surface area (TPSA) is 12.9 Å². The predicted molar refractivity (Wildman–Crippen MR) is 39.4 cm³/mol. The summed E-state index contributed by atoms with van der Waals surface area (Å²) in [5, 5.41) is 0. The van der Waals surface area contributed by atoms with Gasteiger partial charge < -0.3 is 0 Å². The van der Waals surface area contributed by atoms with Crippen molar-refractivity contribution in [1.29, 1.82) is 0 Å². The summed E-state index contributed by atoms with van der Waals surface area (Å²) in [5.74, 6) is 0.547. The zero-order chi connectivity index (χ0) is 5.98. The Labute approximate surface area is 64.8 Å². The summed E-state index contributed by atoms with van der Waals surface area (Å²) in [7, 11) is 0. The Morgan fingerprint density at radius 2 is 2.62 bits per heavy atom. The van der Waals surface area contributed by atoms with Crippen LogP contribution < -0.4 is 0 Å². The average Bonchev–Trinajstić information content (AvgIpc) is 2.14. The molecule has 0 atom stereocenters. The molecule has 0 spiro atoms. The molecule has 1 nitrogen and oxygen atoms in total. The van der Waals surface area contributed by atoms with Crippen molar-refractivity contribution in [2.75, 3.05) is 0 Å². The minimum absolute atomic E-state index is 0.547. The van der Waals surface area contributed by atoms with Crippen LogP contribution in [0, 0.1) is 0 Å². The maximum Gasteiger partial charge on any atom is 0.121 e. The molecule has 4 heteroatoms. The summed E-state index contributed by atoms with van der Waals surface area (Å²) in [6.07, 6.45) is 0. The predicted octanol–water partition coefficient (Wildman–Crippen LogP) is 2.64. The first kappa shape index (κ1) is 6.52. The molecule has 1 aromatic heterocycles. The van der Waals surface area contributed by atoms with E-state index in [-0.39, 0.29) is 0 Å². The highest BCUT2D eigenvalue weighted by atomic mass is 79.9. The molecule has 0 saturated heterocycles. The molecular weight excluding hydrogens is 209 g/mol. The third-order valence-electron chi connectivity index (χ3n) is 0.712. The maximum absolute atomic E-state index is 5.51. The number of thiazole rings is 1. The molecule has 1 aromatic rings. The standard InChI is InChI=1S/C4H3BrClNS/c5-4-3(1-6)8-2-7-4/h2H,1H2. The van der Waals surface area contributed by atoms with Crippen LogP contribution in [0.25, 0.3) is 0 Å². The van der Waals surface area contributed by atoms with E-state index in [4.69, 9.17) is 11.6 Å². The smallest absolute Gasteiger partial charge is 0.121 e. The average molecular weight is 212 g/mol. The highest BCUT2D eigenvalue weighted by Gasteiger charge is 1.97. The lowest BCUT2D eigenvalue weighted by Gasteiger charge is -1.82. The molecule has 0 aliphatic carbocycles. The second-order valence-electron chi connectivity index (χ2n) is 1.20. The van der Waals surface area contributed by atoms with Gasteiger partial charge in [-0.05, 0) is 15.9 Å². The molecule has 1 heterocycles. The zero-order valence-electron chi connectivity index (χ0n) is 3.90. The van der Waals surface area contributed by atoms with Crippen molar-refractivity contribution in [3.8, 4) is 0 Å². The van der Waals surface area contributed by atoms with E-state index < -0.39 is 0 Å². The molecule has 0 unspecified atom stereocenters. The quantitative estimate of drug-likeness (QED) is 0.652. The normalized spacial score (nSPS) is 9.75. The van der Waals surface area contributed by atoms with Crippen LogP contribution in [0.15, 0.2) is 10.1 Å². The highest BCUT2D eigenvalue weighted by molar-refractivity contribution is 9.10. The lowest BCUT2D eigenvalue weighted by Crippen LogP contribution is -1.68. The molecule has 8 heavy (non-hydrogen) atoms. The fourth-order valence-electron chi connectivity index (χ4n) is 0.343. The molecular formula is C4H3BrClNS. The van der Waals surface area contributed by atoms with E-state index in [2.05, 4.69) is 20.9 Å². The molecule has 0 fully saturated rings. The summed E-state index contributed by atoms with van der Waals surface area (Å²) < 4.78 is 0.873. The van der Waals surface area contributed by atoms with Gasteiger partial charge in [0.1, 0.15) is 4.60 Å². The van der Waals surface area contributed by atoms with Gasteiger partial charge in [0.05, 0.1) is 16.3 Å². The molecule has 0 N–H and O–H groups in total. The Morgan fingerprint density at radius 1 is 1.88 bits per heavy atom. The summed E-state index contributed by atoms with van der Waals surface area (Å²) in [5.41, 5.74) is 1.77. The molecule has 0 aliphatic rings. The number of nitrogens with zero attached hydrogens (tertiary/aromatic N) is 1. The van der Waals surface area contributed by atoms with Gasteiger partial charge in [-0.15, -0.1) is 22.9 Å². The Kier molecular flexibility index (Phi) is 2.28. The maximum atomic E-state index is 5.51. The van der Waals surface area contributed by atoms with Crippen molar-refractivity contribution in [3.05, 3.63) is 15.0 Å². The van der Waals surface area contributed by atoms with Crippen LogP contribution in [0.1, 0.15) is 4.88 Å². The van der Waals surface area contributed by atoms with Gasteiger partial charge in [-0.25, -0.2) is 4.98 Å². The van der Waals surface area contributed by atoms with E-state index in [1.54, 1.807) is 16.8 Å². The van der Waals surface area contributed by atoms with Crippen LogP contribution in [-0.4, -0.2) is 4.98 Å². The summed E-state index contributed by atoms with van der Waals surface area (Å²) in [6, 6.07) is 0. The molecule has 0 amide bonds. The first-order valence-electron chi connectivity index (χ1n) is 1.98. The van der Waals surface area contributed by atoms with E-state index in [0.29, 0.717) is 5.88 Å². The molecule has 0 radical (unpaired) electrons. The summed E-state index contributed by atoms with van der Waals surface area (Å²) in [4.78, 5) is 5.03. The Bertz CT molecular complexity index is 176. The minimum Gasteiger partial charge on any atom is -0.237 e. The van der Waals surface area contributed by atoms with E-state index >= 15 is 0 Å². The Morgan fingerprint density at radius 3 is 2.88 bits per heavy atom. The third kappa shape index (κ3) is 1.21. The fourth-order valence-corrected chi connectivity index (χ4v) is 1.98. The number of hydrogen-bond acceptors (Lipinski definition) is 2. The molecule has 1 rings (SSSR count). The van der Waals surface area contributed by atoms with E-state index in [9.17, 15) is 0 Å². The zero-order valence-corrected chi connectivity index (χ0v) is 7.05. The van der Waals surface area contributed by atoms with Gasteiger partial charge in [0, 0.05) is 0 Å². The van der Waals surface area contributed by atoms with Gasteiger partial charge in [0.25, 0.3) is 0 Å². The van der Waals surface area contributed by atoms with Crippen molar-refractivity contribution < 1.29 is 0 Å². The van der Waals surface area contributed by atoms with Crippen LogP contribution in [0.5, 0.6) is 0 Å². The Hall–Kier alpha value is 0.400. The van der Waals surface area contributed by atoms with Crippen LogP contribution in [0.4, 0.5) is 0 Å². The summed E-state index contributed by atoms with van der Waals surface area (Å²) in [6.45, 7) is 0. The van der Waals surface area contributed by atoms with Crippen LogP contribution in [-0.2, 0) is 5.88 Å². The second-order valence-corrected chi connectivity index (χ2v) is 3.16. The van der Waals surface area contributed by atoms with E-state index in [0.717, 1.165) is 9.48 Å². The number of alkyl halides is 1. The molecule has 0 aliphatic heterocycles. The van der Waals surface area contributed by atoms with Crippen LogP contribution >= 0.6 is 38.9 Å². The fraction of sp³-hybridized carbons (Fsp3) is 0.250. The minimum atomic E-state index is 0.547. The molecule has 0 saturated carbocycles. The van der Waals surface area contributed by atoms with Crippen LogP contribution in [0.3, 0.4) is 0 Å². The first-order valence-corrected chi connectivity index (χ1v) is 4.19. The van der Waals surface area contributed by atoms with Gasteiger partial charge in [-0.2, -0.15) is 0 Å². The number of halogens is 2. The van der Waals surface area contributed by atoms with Crippen LogP contribution in [0.2, 0.25) is 0 Å². The van der Waals surface area contributed by atoms with Gasteiger partial charge in [0.15, 0.2) is 0 Å². The highest BCUT2D eigenvalue weighted by Crippen LogP contribution is 2.20. The first-order chi connectivity index (χ1) is 3.84. The number of hydrogen-bond donors (Lipinski definition) is 0. The Balaban J connectivity index is 2.92. The summed E-state index contributed by atoms with van der Waals surface area (Å²) >= 11 is 10.3. The van der Waals surface area contributed by atoms with E-state index in [1.165, 1.54) is 0 Å². The number of aromatic nitrogens is 1. The largest absolute Gasteiger partial charge is 0.237 e. The molecule has 44 valence electrons. The van der Waals surface area contributed by atoms with Gasteiger partial charge in [0.2, 0.25) is 0 Å². The van der Waals surface area contributed by atoms with Crippen molar-refractivity contribution in [2.45, 2.75) is 5.88 Å². The molecule has 0 bridgehead atoms. The van der Waals surface area contributed by atoms with Crippen molar-refractivity contribution in [3.63, 3.8) is 0 Å². The molecule has 0 aromatic carbocycles. The SMILES string of the molecule is ClCc1scnc1Br. The monoisotopic (exact) mass is 211 g/mol. The van der Waals surface area contributed by atoms with E-state index in [1.807, 2.05) is 0 Å². The van der Waals surface area contributed by atoms with Gasteiger partial charge in [-0.3, -0.25) is 0 Å². The lowest BCUT2D eigenvalue weighted by atomic mass is 10.6. The second kappa shape index (κ2) is 2.80. The number of rotatable bonds is 1. The van der Waals surface area contributed by atoms with Gasteiger partial charge >= 0.3 is 0 Å². The van der Waals surface area contributed by atoms with Crippen molar-refractivity contribution in [1.82, 2.24) is 4.98 Å². The van der Waals surface area contributed by atoms with Crippen molar-refractivity contribution in [2.24, 2.45) is 0 Å².